The molecule has 2 N–H and O–H groups in total. The third kappa shape index (κ3) is 3.22. The molecule has 2 heterocycles. The van der Waals surface area contributed by atoms with Gasteiger partial charge in [0.2, 0.25) is 0 Å². The van der Waals surface area contributed by atoms with Crippen molar-refractivity contribution in [1.29, 1.82) is 5.26 Å². The molecule has 0 aliphatic carbocycles. The molecule has 2 aromatic carbocycles. The Labute approximate surface area is 180 Å². The number of rotatable bonds is 5. The summed E-state index contributed by atoms with van der Waals surface area (Å²) in [6, 6.07) is 9.50. The quantitative estimate of drug-likeness (QED) is 0.453. The normalized spacial score (nSPS) is 15.4. The summed E-state index contributed by atoms with van der Waals surface area (Å²) in [6.45, 7) is 3.48. The van der Waals surface area contributed by atoms with Crippen molar-refractivity contribution in [2.24, 2.45) is 0 Å². The second-order valence-electron chi connectivity index (χ2n) is 7.19. The van der Waals surface area contributed by atoms with E-state index in [1.54, 1.807) is 19.1 Å². The number of carbonyl (C=O) groups excluding carboxylic acids is 1. The Hall–Kier alpha value is -4.63. The van der Waals surface area contributed by atoms with Crippen LogP contribution < -0.4 is 10.9 Å². The Morgan fingerprint density at radius 3 is 2.53 bits per heavy atom. The van der Waals surface area contributed by atoms with E-state index in [0.29, 0.717) is 16.6 Å². The Kier molecular flexibility index (Phi) is 4.88. The second-order valence-corrected chi connectivity index (χ2v) is 7.19. The molecule has 0 saturated carbocycles. The van der Waals surface area contributed by atoms with E-state index in [1.165, 1.54) is 10.6 Å². The minimum atomic E-state index is -1.04. The summed E-state index contributed by atoms with van der Waals surface area (Å²) in [5, 5.41) is 32.0. The molecule has 0 spiro atoms. The third-order valence-electron chi connectivity index (χ3n) is 5.18. The van der Waals surface area contributed by atoms with E-state index in [2.05, 4.69) is 21.9 Å². The molecule has 32 heavy (non-hydrogen) atoms. The molecule has 0 saturated heterocycles. The zero-order valence-electron chi connectivity index (χ0n) is 16.8. The van der Waals surface area contributed by atoms with Crippen LogP contribution in [0.5, 0.6) is 0 Å². The predicted molar refractivity (Wildman–Crippen MR) is 114 cm³/mol. The summed E-state index contributed by atoms with van der Waals surface area (Å²) >= 11 is 0. The van der Waals surface area contributed by atoms with Crippen molar-refractivity contribution in [2.45, 2.75) is 19.9 Å². The molecule has 160 valence electrons. The molecule has 1 aliphatic rings. The molecule has 12 nitrogen and oxygen atoms in total. The maximum atomic E-state index is 13.3. The van der Waals surface area contributed by atoms with Crippen molar-refractivity contribution < 1.29 is 14.6 Å². The minimum absolute atomic E-state index is 0.0726. The van der Waals surface area contributed by atoms with Crippen LogP contribution in [-0.2, 0) is 0 Å². The molecule has 0 amide bonds. The number of fused-ring (bicyclic) bond motifs is 3. The largest absolute Gasteiger partial charge is 0.315 e. The molecule has 0 bridgehead atoms. The fourth-order valence-electron chi connectivity index (χ4n) is 3.56. The summed E-state index contributed by atoms with van der Waals surface area (Å²) in [7, 11) is 0. The van der Waals surface area contributed by atoms with Crippen molar-refractivity contribution >= 4 is 39.6 Å². The van der Waals surface area contributed by atoms with Gasteiger partial charge in [-0.15, -0.1) is 0 Å². The molecule has 12 heteroatoms. The highest BCUT2D eigenvalue weighted by molar-refractivity contribution is 6.03. The van der Waals surface area contributed by atoms with E-state index in [-0.39, 0.29) is 17.1 Å². The van der Waals surface area contributed by atoms with Crippen molar-refractivity contribution in [3.05, 3.63) is 73.6 Å². The Bertz CT molecular complexity index is 1400. The number of anilines is 1. The lowest BCUT2D eigenvalue weighted by Crippen LogP contribution is -2.46. The summed E-state index contributed by atoms with van der Waals surface area (Å²) in [4.78, 5) is 38.5. The summed E-state index contributed by atoms with van der Waals surface area (Å²) in [5.74, 6) is -0.199. The van der Waals surface area contributed by atoms with Gasteiger partial charge < -0.3 is 5.43 Å². The number of hydrogen-bond donors (Lipinski definition) is 2. The third-order valence-corrected chi connectivity index (χ3v) is 5.18. The van der Waals surface area contributed by atoms with Gasteiger partial charge in [0.25, 0.3) is 11.6 Å². The van der Waals surface area contributed by atoms with Crippen molar-refractivity contribution in [2.75, 3.05) is 5.43 Å². The number of hydrogen-bond acceptors (Lipinski definition) is 9. The zero-order valence-corrected chi connectivity index (χ0v) is 16.8. The van der Waals surface area contributed by atoms with Gasteiger partial charge in [-0.2, -0.15) is 5.26 Å². The topological polar surface area (TPSA) is 169 Å². The maximum absolute atomic E-state index is 13.3. The van der Waals surface area contributed by atoms with Gasteiger partial charge in [0, 0.05) is 6.07 Å². The number of nitriles is 1. The van der Waals surface area contributed by atoms with Gasteiger partial charge in [0.05, 0.1) is 32.5 Å². The lowest BCUT2D eigenvalue weighted by molar-refractivity contribution is -0.393. The van der Waals surface area contributed by atoms with Crippen LogP contribution in [0.1, 0.15) is 23.1 Å². The van der Waals surface area contributed by atoms with E-state index in [0.717, 1.165) is 17.7 Å². The Morgan fingerprint density at radius 1 is 1.12 bits per heavy atom. The van der Waals surface area contributed by atoms with Crippen LogP contribution in [0, 0.1) is 38.5 Å². The van der Waals surface area contributed by atoms with E-state index < -0.39 is 33.2 Å². The average Bonchev–Trinajstić information content (AvgIpc) is 3.12. The number of allylic oxidation sites excluding steroid dienone is 1. The van der Waals surface area contributed by atoms with Crippen LogP contribution in [0.4, 0.5) is 17.1 Å². The minimum Gasteiger partial charge on any atom is -0.315 e. The van der Waals surface area contributed by atoms with Crippen molar-refractivity contribution in [1.82, 2.24) is 15.0 Å². The van der Waals surface area contributed by atoms with E-state index in [9.17, 15) is 30.3 Å². The molecule has 1 aliphatic heterocycles. The van der Waals surface area contributed by atoms with E-state index >= 15 is 0 Å². The lowest BCUT2D eigenvalue weighted by atomic mass is 9.98. The van der Waals surface area contributed by atoms with Crippen LogP contribution in [0.25, 0.3) is 16.6 Å². The number of nitrogens with one attached hydrogen (secondary N) is 2. The number of aromatic nitrogens is 2. The van der Waals surface area contributed by atoms with Crippen molar-refractivity contribution in [3.8, 4) is 6.07 Å². The number of carbonyl (C=O) groups is 1. The number of nitro benzene ring substituents is 2. The molecule has 1 atom stereocenters. The van der Waals surface area contributed by atoms with Gasteiger partial charge in [-0.05, 0) is 43.2 Å². The first-order chi connectivity index (χ1) is 15.2. The highest BCUT2D eigenvalue weighted by atomic mass is 16.6. The monoisotopic (exact) mass is 433 g/mol. The first-order valence-electron chi connectivity index (χ1n) is 9.32. The van der Waals surface area contributed by atoms with Crippen molar-refractivity contribution in [3.63, 3.8) is 0 Å². The molecular weight excluding hydrogens is 418 g/mol. The smallest absolute Gasteiger partial charge is 0.300 e. The van der Waals surface area contributed by atoms with Crippen LogP contribution >= 0.6 is 0 Å². The standard InChI is InChI=1S/C20H15N7O5/c1-10-3-6-16-15(7-10)22-19-13(9-21)11(2)18(20(28)25(16)19)24-23-14-5-4-12(26(29)30)8-17(14)27(31)32/h3-8,18,23-24H,1-2H3. The van der Waals surface area contributed by atoms with Crippen LogP contribution in [0.3, 0.4) is 0 Å². The lowest BCUT2D eigenvalue weighted by Gasteiger charge is -2.25. The summed E-state index contributed by atoms with van der Waals surface area (Å²) in [5.41, 5.74) is 6.90. The highest BCUT2D eigenvalue weighted by Crippen LogP contribution is 2.32. The number of non-ortho nitro benzene ring substituents is 1. The number of imidazole rings is 1. The van der Waals surface area contributed by atoms with E-state index in [1.807, 2.05) is 13.0 Å². The van der Waals surface area contributed by atoms with Crippen LogP contribution in [0.15, 0.2) is 42.0 Å². The Balaban J connectivity index is 1.73. The molecular formula is C20H15N7O5. The molecule has 1 aromatic heterocycles. The van der Waals surface area contributed by atoms with Crippen LogP contribution in [0.2, 0.25) is 0 Å². The van der Waals surface area contributed by atoms with Gasteiger partial charge in [0.1, 0.15) is 17.8 Å². The molecule has 1 unspecified atom stereocenters. The van der Waals surface area contributed by atoms with Crippen LogP contribution in [-0.4, -0.2) is 31.3 Å². The first kappa shape index (κ1) is 20.6. The van der Waals surface area contributed by atoms with Gasteiger partial charge in [-0.1, -0.05) is 6.07 Å². The number of nitrogens with zero attached hydrogens (tertiary/aromatic N) is 5. The van der Waals surface area contributed by atoms with E-state index in [4.69, 9.17) is 0 Å². The number of aryl methyl sites for hydroxylation is 1. The van der Waals surface area contributed by atoms with Gasteiger partial charge in [-0.25, -0.2) is 10.4 Å². The fraction of sp³-hybridized carbons (Fsp3) is 0.150. The molecule has 0 radical (unpaired) electrons. The summed E-state index contributed by atoms with van der Waals surface area (Å²) in [6.07, 6.45) is 0. The molecule has 4 rings (SSSR count). The molecule has 0 fully saturated rings. The molecule has 3 aromatic rings. The van der Waals surface area contributed by atoms with Gasteiger partial charge >= 0.3 is 5.69 Å². The number of hydrazine groups is 1. The zero-order chi connectivity index (χ0) is 23.2. The highest BCUT2D eigenvalue weighted by Gasteiger charge is 2.35. The number of benzene rings is 2. The average molecular weight is 433 g/mol. The predicted octanol–water partition coefficient (Wildman–Crippen LogP) is 3.10. The first-order valence-corrected chi connectivity index (χ1v) is 9.32. The maximum Gasteiger partial charge on any atom is 0.300 e. The fourth-order valence-corrected chi connectivity index (χ4v) is 3.56. The number of nitro groups is 2. The van der Waals surface area contributed by atoms with Gasteiger partial charge in [0.15, 0.2) is 5.82 Å². The summed E-state index contributed by atoms with van der Waals surface area (Å²) < 4.78 is 1.34. The Morgan fingerprint density at radius 2 is 1.88 bits per heavy atom. The van der Waals surface area contributed by atoms with Gasteiger partial charge in [-0.3, -0.25) is 29.6 Å². The SMILES string of the molecule is CC1=C(C#N)c2nc3cc(C)ccc3n2C(=O)C1NNc1ccc([N+](=O)[O-])cc1[N+](=O)[O-]. The second kappa shape index (κ2) is 7.56.